The molecule has 2 atom stereocenters. The molecule has 1 fully saturated rings. The molecule has 2 rings (SSSR count). The van der Waals surface area contributed by atoms with Crippen molar-refractivity contribution in [2.24, 2.45) is 0 Å². The van der Waals surface area contributed by atoms with E-state index in [1.165, 1.54) is 6.42 Å². The predicted molar refractivity (Wildman–Crippen MR) is 82.4 cm³/mol. The Labute approximate surface area is 121 Å². The standard InChI is InChI=1S/C15H26N4O/c1-5-7-13-18-14(16-3)10(2)15(19-13)17-11-8-6-9-12(11)20-4/h11-12H,5-9H2,1-4H3,(H2,16,17,18,19). The average molecular weight is 278 g/mol. The van der Waals surface area contributed by atoms with Crippen molar-refractivity contribution in [3.63, 3.8) is 0 Å². The molecule has 2 N–H and O–H groups in total. The fourth-order valence-electron chi connectivity index (χ4n) is 2.83. The van der Waals surface area contributed by atoms with Crippen LogP contribution in [0.2, 0.25) is 0 Å². The molecule has 112 valence electrons. The highest BCUT2D eigenvalue weighted by atomic mass is 16.5. The Morgan fingerprint density at radius 1 is 1.25 bits per heavy atom. The zero-order valence-electron chi connectivity index (χ0n) is 13.0. The summed E-state index contributed by atoms with van der Waals surface area (Å²) in [6, 6.07) is 0.354. The molecule has 0 amide bonds. The second-order valence-corrected chi connectivity index (χ2v) is 5.42. The molecule has 1 aromatic rings. The Bertz CT molecular complexity index is 450. The third-order valence-electron chi connectivity index (χ3n) is 3.98. The number of nitrogens with zero attached hydrogens (tertiary/aromatic N) is 2. The van der Waals surface area contributed by atoms with E-state index in [-0.39, 0.29) is 6.10 Å². The minimum absolute atomic E-state index is 0.289. The molecule has 0 aromatic carbocycles. The summed E-state index contributed by atoms with van der Waals surface area (Å²) in [6.07, 6.45) is 5.72. The Morgan fingerprint density at radius 3 is 2.65 bits per heavy atom. The van der Waals surface area contributed by atoms with E-state index in [0.29, 0.717) is 6.04 Å². The van der Waals surface area contributed by atoms with Crippen molar-refractivity contribution < 1.29 is 4.74 Å². The van der Waals surface area contributed by atoms with Gasteiger partial charge < -0.3 is 15.4 Å². The Balaban J connectivity index is 2.23. The van der Waals surface area contributed by atoms with Gasteiger partial charge in [0.2, 0.25) is 0 Å². The summed E-state index contributed by atoms with van der Waals surface area (Å²) < 4.78 is 5.55. The first-order chi connectivity index (χ1) is 9.69. The lowest BCUT2D eigenvalue weighted by Gasteiger charge is -2.22. The molecule has 1 aliphatic carbocycles. The Hall–Kier alpha value is -1.36. The van der Waals surface area contributed by atoms with Crippen LogP contribution in [-0.4, -0.2) is 36.3 Å². The van der Waals surface area contributed by atoms with E-state index in [1.54, 1.807) is 7.11 Å². The van der Waals surface area contributed by atoms with Gasteiger partial charge in [-0.15, -0.1) is 0 Å². The van der Waals surface area contributed by atoms with Crippen molar-refractivity contribution in [2.45, 2.75) is 58.1 Å². The molecule has 1 aliphatic rings. The van der Waals surface area contributed by atoms with Gasteiger partial charge in [0.15, 0.2) is 0 Å². The maximum Gasteiger partial charge on any atom is 0.135 e. The van der Waals surface area contributed by atoms with Gasteiger partial charge in [-0.3, -0.25) is 0 Å². The lowest BCUT2D eigenvalue weighted by Crippen LogP contribution is -2.30. The summed E-state index contributed by atoms with van der Waals surface area (Å²) in [5.74, 6) is 2.76. The number of aryl methyl sites for hydroxylation is 1. The van der Waals surface area contributed by atoms with E-state index >= 15 is 0 Å². The van der Waals surface area contributed by atoms with Gasteiger partial charge in [-0.2, -0.15) is 0 Å². The average Bonchev–Trinajstić information content (AvgIpc) is 2.89. The van der Waals surface area contributed by atoms with Crippen LogP contribution in [0.3, 0.4) is 0 Å². The van der Waals surface area contributed by atoms with Gasteiger partial charge in [0.05, 0.1) is 12.1 Å². The van der Waals surface area contributed by atoms with E-state index in [4.69, 9.17) is 4.74 Å². The van der Waals surface area contributed by atoms with Gasteiger partial charge in [-0.25, -0.2) is 9.97 Å². The van der Waals surface area contributed by atoms with E-state index in [2.05, 4.69) is 34.4 Å². The largest absolute Gasteiger partial charge is 0.379 e. The minimum Gasteiger partial charge on any atom is -0.379 e. The molecule has 1 heterocycles. The van der Waals surface area contributed by atoms with Crippen LogP contribution < -0.4 is 10.6 Å². The monoisotopic (exact) mass is 278 g/mol. The molecule has 0 bridgehead atoms. The summed E-state index contributed by atoms with van der Waals surface area (Å²) in [5.41, 5.74) is 1.08. The lowest BCUT2D eigenvalue weighted by molar-refractivity contribution is 0.101. The van der Waals surface area contributed by atoms with Crippen LogP contribution in [0, 0.1) is 6.92 Å². The van der Waals surface area contributed by atoms with Crippen LogP contribution in [-0.2, 0) is 11.2 Å². The molecule has 5 heteroatoms. The summed E-state index contributed by atoms with van der Waals surface area (Å²) in [6.45, 7) is 4.20. The summed E-state index contributed by atoms with van der Waals surface area (Å²) in [5, 5.41) is 6.73. The SMILES string of the molecule is CCCc1nc(NC)c(C)c(NC2CCCC2OC)n1. The number of anilines is 2. The van der Waals surface area contributed by atoms with E-state index in [0.717, 1.165) is 48.7 Å². The maximum absolute atomic E-state index is 5.55. The lowest BCUT2D eigenvalue weighted by atomic mass is 10.2. The third-order valence-corrected chi connectivity index (χ3v) is 3.98. The van der Waals surface area contributed by atoms with Gasteiger partial charge in [0.25, 0.3) is 0 Å². The van der Waals surface area contributed by atoms with Crippen molar-refractivity contribution in [1.29, 1.82) is 0 Å². The van der Waals surface area contributed by atoms with Gasteiger partial charge in [0, 0.05) is 26.1 Å². The first-order valence-electron chi connectivity index (χ1n) is 7.54. The fourth-order valence-corrected chi connectivity index (χ4v) is 2.83. The molecule has 2 unspecified atom stereocenters. The highest BCUT2D eigenvalue weighted by molar-refractivity contribution is 5.57. The van der Waals surface area contributed by atoms with E-state index < -0.39 is 0 Å². The maximum atomic E-state index is 5.55. The van der Waals surface area contributed by atoms with E-state index in [9.17, 15) is 0 Å². The Kier molecular flexibility index (Phi) is 5.17. The van der Waals surface area contributed by atoms with E-state index in [1.807, 2.05) is 7.05 Å². The second-order valence-electron chi connectivity index (χ2n) is 5.42. The number of rotatable bonds is 6. The van der Waals surface area contributed by atoms with Crippen molar-refractivity contribution in [3.05, 3.63) is 11.4 Å². The minimum atomic E-state index is 0.289. The molecule has 1 saturated carbocycles. The fraction of sp³-hybridized carbons (Fsp3) is 0.733. The number of methoxy groups -OCH3 is 1. The quantitative estimate of drug-likeness (QED) is 0.838. The van der Waals surface area contributed by atoms with Gasteiger partial charge in [-0.05, 0) is 32.6 Å². The molecular weight excluding hydrogens is 252 g/mol. The van der Waals surface area contributed by atoms with Crippen molar-refractivity contribution in [3.8, 4) is 0 Å². The topological polar surface area (TPSA) is 59.1 Å². The summed E-state index contributed by atoms with van der Waals surface area (Å²) in [4.78, 5) is 9.25. The van der Waals surface area contributed by atoms with Crippen LogP contribution in [0.15, 0.2) is 0 Å². The van der Waals surface area contributed by atoms with Crippen LogP contribution in [0.5, 0.6) is 0 Å². The number of aromatic nitrogens is 2. The summed E-state index contributed by atoms with van der Waals surface area (Å²) >= 11 is 0. The zero-order valence-corrected chi connectivity index (χ0v) is 13.0. The number of nitrogens with one attached hydrogen (secondary N) is 2. The number of hydrogen-bond donors (Lipinski definition) is 2. The molecule has 1 aromatic heterocycles. The normalized spacial score (nSPS) is 22.0. The molecule has 0 radical (unpaired) electrons. The third kappa shape index (κ3) is 3.20. The number of hydrogen-bond acceptors (Lipinski definition) is 5. The van der Waals surface area contributed by atoms with Crippen LogP contribution in [0.4, 0.5) is 11.6 Å². The highest BCUT2D eigenvalue weighted by Crippen LogP contribution is 2.27. The van der Waals surface area contributed by atoms with Crippen LogP contribution >= 0.6 is 0 Å². The van der Waals surface area contributed by atoms with Gasteiger partial charge in [0.1, 0.15) is 17.5 Å². The first-order valence-corrected chi connectivity index (χ1v) is 7.54. The van der Waals surface area contributed by atoms with Crippen LogP contribution in [0.1, 0.15) is 44.0 Å². The molecule has 0 spiro atoms. The zero-order chi connectivity index (χ0) is 14.5. The number of ether oxygens (including phenoxy) is 1. The van der Waals surface area contributed by atoms with Crippen molar-refractivity contribution in [2.75, 3.05) is 24.8 Å². The first kappa shape index (κ1) is 15.0. The molecule has 5 nitrogen and oxygen atoms in total. The Morgan fingerprint density at radius 2 is 2.00 bits per heavy atom. The summed E-state index contributed by atoms with van der Waals surface area (Å²) in [7, 11) is 3.70. The highest BCUT2D eigenvalue weighted by Gasteiger charge is 2.28. The van der Waals surface area contributed by atoms with Gasteiger partial charge in [-0.1, -0.05) is 6.92 Å². The molecule has 20 heavy (non-hydrogen) atoms. The molecular formula is C15H26N4O. The van der Waals surface area contributed by atoms with Crippen LogP contribution in [0.25, 0.3) is 0 Å². The smallest absolute Gasteiger partial charge is 0.135 e. The van der Waals surface area contributed by atoms with Gasteiger partial charge >= 0.3 is 0 Å². The molecule has 0 saturated heterocycles. The van der Waals surface area contributed by atoms with Crippen molar-refractivity contribution >= 4 is 11.6 Å². The molecule has 0 aliphatic heterocycles. The second kappa shape index (κ2) is 6.88. The predicted octanol–water partition coefficient (Wildman–Crippen LogP) is 2.76. The van der Waals surface area contributed by atoms with Crippen molar-refractivity contribution in [1.82, 2.24) is 9.97 Å².